The third-order valence-corrected chi connectivity index (χ3v) is 3.89. The lowest BCUT2D eigenvalue weighted by Crippen LogP contribution is -2.39. The molecule has 0 heterocycles. The molecule has 2 aromatic rings. The smallest absolute Gasteiger partial charge is 0.317 e. The van der Waals surface area contributed by atoms with E-state index in [4.69, 9.17) is 0 Å². The van der Waals surface area contributed by atoms with Gasteiger partial charge in [-0.15, -0.1) is 0 Å². The molecule has 0 atom stereocenters. The van der Waals surface area contributed by atoms with Crippen LogP contribution in [-0.2, 0) is 13.1 Å². The van der Waals surface area contributed by atoms with Crippen molar-refractivity contribution in [3.05, 3.63) is 65.7 Å². The number of benzene rings is 2. The Kier molecular flexibility index (Phi) is 6.67. The highest BCUT2D eigenvalue weighted by molar-refractivity contribution is 5.74. The summed E-state index contributed by atoms with van der Waals surface area (Å²) < 4.78 is 0. The fourth-order valence-corrected chi connectivity index (χ4v) is 2.53. The van der Waals surface area contributed by atoms with E-state index in [9.17, 15) is 4.79 Å². The van der Waals surface area contributed by atoms with Crippen molar-refractivity contribution in [1.29, 1.82) is 0 Å². The molecule has 2 amide bonds. The zero-order chi connectivity index (χ0) is 17.4. The van der Waals surface area contributed by atoms with Gasteiger partial charge in [0.05, 0.1) is 0 Å². The van der Waals surface area contributed by atoms with Gasteiger partial charge in [-0.3, -0.25) is 0 Å². The lowest BCUT2D eigenvalue weighted by atomic mass is 10.2. The molecule has 128 valence electrons. The second-order valence-corrected chi connectivity index (χ2v) is 6.13. The van der Waals surface area contributed by atoms with Crippen LogP contribution in [0.1, 0.15) is 24.5 Å². The summed E-state index contributed by atoms with van der Waals surface area (Å²) in [5.74, 6) is 0. The van der Waals surface area contributed by atoms with E-state index < -0.39 is 0 Å². The number of amides is 2. The summed E-state index contributed by atoms with van der Waals surface area (Å²) in [5, 5.41) is 3.03. The minimum absolute atomic E-state index is 0.0163. The summed E-state index contributed by atoms with van der Waals surface area (Å²) in [6, 6.07) is 18.3. The van der Waals surface area contributed by atoms with Crippen LogP contribution >= 0.6 is 0 Å². The summed E-state index contributed by atoms with van der Waals surface area (Å²) >= 11 is 0. The Balaban J connectivity index is 1.92. The van der Waals surface area contributed by atoms with E-state index in [0.717, 1.165) is 29.8 Å². The summed E-state index contributed by atoms with van der Waals surface area (Å²) in [6.07, 6.45) is 0.942. The van der Waals surface area contributed by atoms with Crippen molar-refractivity contribution in [2.75, 3.05) is 25.5 Å². The first-order valence-electron chi connectivity index (χ1n) is 8.43. The van der Waals surface area contributed by atoms with Crippen LogP contribution in [0.2, 0.25) is 0 Å². The van der Waals surface area contributed by atoms with Crippen molar-refractivity contribution in [2.45, 2.75) is 26.4 Å². The fraction of sp³-hybridized carbons (Fsp3) is 0.350. The number of nitrogens with one attached hydrogen (secondary N) is 1. The average molecular weight is 325 g/mol. The molecule has 0 saturated carbocycles. The van der Waals surface area contributed by atoms with Crippen molar-refractivity contribution >= 4 is 11.7 Å². The van der Waals surface area contributed by atoms with Crippen LogP contribution in [0, 0.1) is 0 Å². The minimum Gasteiger partial charge on any atom is -0.378 e. The molecule has 0 spiro atoms. The highest BCUT2D eigenvalue weighted by atomic mass is 16.2. The van der Waals surface area contributed by atoms with E-state index >= 15 is 0 Å². The molecule has 1 N–H and O–H groups in total. The van der Waals surface area contributed by atoms with Crippen molar-refractivity contribution in [3.8, 4) is 0 Å². The maximum absolute atomic E-state index is 12.5. The van der Waals surface area contributed by atoms with Crippen LogP contribution in [0.3, 0.4) is 0 Å². The van der Waals surface area contributed by atoms with Gasteiger partial charge in [-0.1, -0.05) is 49.4 Å². The zero-order valence-electron chi connectivity index (χ0n) is 14.8. The van der Waals surface area contributed by atoms with E-state index in [1.54, 1.807) is 0 Å². The van der Waals surface area contributed by atoms with E-state index in [1.165, 1.54) is 0 Å². The van der Waals surface area contributed by atoms with Crippen LogP contribution in [0.15, 0.2) is 54.6 Å². The highest BCUT2D eigenvalue weighted by Gasteiger charge is 2.12. The monoisotopic (exact) mass is 325 g/mol. The molecule has 0 aliphatic heterocycles. The molecule has 0 radical (unpaired) electrons. The molecular formula is C20H27N3O. The van der Waals surface area contributed by atoms with Crippen LogP contribution in [0.5, 0.6) is 0 Å². The standard InChI is InChI=1S/C20H27N3O/c1-4-14-23(16-18-8-6-5-7-9-18)20(24)21-15-17-10-12-19(13-11-17)22(2)3/h5-13H,4,14-16H2,1-3H3,(H,21,24). The number of urea groups is 1. The Morgan fingerprint density at radius 2 is 1.62 bits per heavy atom. The quantitative estimate of drug-likeness (QED) is 0.838. The number of carbonyl (C=O) groups excluding carboxylic acids is 1. The van der Waals surface area contributed by atoms with Gasteiger partial charge >= 0.3 is 6.03 Å². The van der Waals surface area contributed by atoms with Crippen LogP contribution in [0.25, 0.3) is 0 Å². The van der Waals surface area contributed by atoms with Crippen molar-refractivity contribution in [2.24, 2.45) is 0 Å². The van der Waals surface area contributed by atoms with Crippen molar-refractivity contribution in [1.82, 2.24) is 10.2 Å². The maximum Gasteiger partial charge on any atom is 0.317 e. The van der Waals surface area contributed by atoms with E-state index in [2.05, 4.69) is 53.5 Å². The molecule has 0 aromatic heterocycles. The van der Waals surface area contributed by atoms with Crippen molar-refractivity contribution < 1.29 is 4.79 Å². The normalized spacial score (nSPS) is 10.3. The number of hydrogen-bond acceptors (Lipinski definition) is 2. The molecule has 4 nitrogen and oxygen atoms in total. The number of hydrogen-bond donors (Lipinski definition) is 1. The minimum atomic E-state index is -0.0163. The largest absolute Gasteiger partial charge is 0.378 e. The summed E-state index contributed by atoms with van der Waals surface area (Å²) in [4.78, 5) is 16.4. The van der Waals surface area contributed by atoms with Gasteiger partial charge in [0.2, 0.25) is 0 Å². The first kappa shape index (κ1) is 17.9. The second-order valence-electron chi connectivity index (χ2n) is 6.13. The third kappa shape index (κ3) is 5.30. The number of anilines is 1. The first-order valence-corrected chi connectivity index (χ1v) is 8.43. The van der Waals surface area contributed by atoms with E-state index in [1.807, 2.05) is 37.2 Å². The summed E-state index contributed by atoms with van der Waals surface area (Å²) in [7, 11) is 4.03. The second kappa shape index (κ2) is 8.96. The number of carbonyl (C=O) groups is 1. The van der Waals surface area contributed by atoms with Gasteiger partial charge in [0.1, 0.15) is 0 Å². The zero-order valence-corrected chi connectivity index (χ0v) is 14.8. The lowest BCUT2D eigenvalue weighted by Gasteiger charge is -2.23. The Bertz CT molecular complexity index is 623. The molecule has 0 aliphatic carbocycles. The predicted octanol–water partition coefficient (Wildman–Crippen LogP) is 3.87. The van der Waals surface area contributed by atoms with Gasteiger partial charge in [-0.05, 0) is 29.7 Å². The van der Waals surface area contributed by atoms with Gasteiger partial charge in [0, 0.05) is 39.4 Å². The molecule has 2 aromatic carbocycles. The lowest BCUT2D eigenvalue weighted by molar-refractivity contribution is 0.194. The van der Waals surface area contributed by atoms with Gasteiger partial charge in [0.15, 0.2) is 0 Å². The average Bonchev–Trinajstić information content (AvgIpc) is 2.60. The topological polar surface area (TPSA) is 35.6 Å². The Morgan fingerprint density at radius 3 is 2.21 bits per heavy atom. The first-order chi connectivity index (χ1) is 11.6. The molecular weight excluding hydrogens is 298 g/mol. The van der Waals surface area contributed by atoms with Crippen LogP contribution in [-0.4, -0.2) is 31.6 Å². The number of rotatable bonds is 7. The Hall–Kier alpha value is -2.49. The molecule has 0 aliphatic rings. The summed E-state index contributed by atoms with van der Waals surface area (Å²) in [5.41, 5.74) is 3.41. The van der Waals surface area contributed by atoms with Crippen LogP contribution < -0.4 is 10.2 Å². The summed E-state index contributed by atoms with van der Waals surface area (Å²) in [6.45, 7) is 4.02. The molecule has 2 rings (SSSR count). The fourth-order valence-electron chi connectivity index (χ4n) is 2.53. The molecule has 0 bridgehead atoms. The highest BCUT2D eigenvalue weighted by Crippen LogP contribution is 2.12. The predicted molar refractivity (Wildman–Crippen MR) is 100 cm³/mol. The Labute approximate surface area is 145 Å². The van der Waals surface area contributed by atoms with Gasteiger partial charge in [0.25, 0.3) is 0 Å². The van der Waals surface area contributed by atoms with Crippen molar-refractivity contribution in [3.63, 3.8) is 0 Å². The molecule has 0 saturated heterocycles. The van der Waals surface area contributed by atoms with Gasteiger partial charge < -0.3 is 15.1 Å². The Morgan fingerprint density at radius 1 is 0.958 bits per heavy atom. The van der Waals surface area contributed by atoms with Gasteiger partial charge in [-0.2, -0.15) is 0 Å². The maximum atomic E-state index is 12.5. The third-order valence-electron chi connectivity index (χ3n) is 3.89. The molecule has 0 fully saturated rings. The van der Waals surface area contributed by atoms with Gasteiger partial charge in [-0.25, -0.2) is 4.79 Å². The van der Waals surface area contributed by atoms with E-state index in [-0.39, 0.29) is 6.03 Å². The molecule has 24 heavy (non-hydrogen) atoms. The number of nitrogens with zero attached hydrogens (tertiary/aromatic N) is 2. The SMILES string of the molecule is CCCN(Cc1ccccc1)C(=O)NCc1ccc(N(C)C)cc1. The van der Waals surface area contributed by atoms with Crippen LogP contribution in [0.4, 0.5) is 10.5 Å². The molecule has 0 unspecified atom stereocenters. The molecule has 4 heteroatoms. The van der Waals surface area contributed by atoms with E-state index in [0.29, 0.717) is 13.1 Å².